The molecule has 1 N–H and O–H groups in total. The van der Waals surface area contributed by atoms with Gasteiger partial charge >= 0.3 is 5.97 Å². The van der Waals surface area contributed by atoms with Crippen molar-refractivity contribution in [1.82, 2.24) is 0 Å². The molecular weight excluding hydrogens is 413 g/mol. The number of non-ortho nitro benzene ring substituents is 1. The zero-order valence-electron chi connectivity index (χ0n) is 17.0. The number of nitro benzene ring substituents is 1. The minimum absolute atomic E-state index is 0.124. The van der Waals surface area contributed by atoms with Crippen LogP contribution in [0.5, 0.6) is 0 Å². The summed E-state index contributed by atoms with van der Waals surface area (Å²) in [5.74, 6) is -1.78. The zero-order valence-corrected chi connectivity index (χ0v) is 17.0. The lowest BCUT2D eigenvalue weighted by Crippen LogP contribution is -2.21. The molecule has 1 aliphatic rings. The van der Waals surface area contributed by atoms with Gasteiger partial charge in [0.05, 0.1) is 17.1 Å². The Balaban J connectivity index is 1.81. The highest BCUT2D eigenvalue weighted by Crippen LogP contribution is 2.45. The molecule has 162 valence electrons. The van der Waals surface area contributed by atoms with E-state index in [9.17, 15) is 24.4 Å². The smallest absolute Gasteiger partial charge is 0.338 e. The predicted molar refractivity (Wildman–Crippen MR) is 116 cm³/mol. The molecule has 6 nitrogen and oxygen atoms in total. The van der Waals surface area contributed by atoms with E-state index in [4.69, 9.17) is 4.74 Å². The van der Waals surface area contributed by atoms with Crippen molar-refractivity contribution in [3.63, 3.8) is 0 Å². The molecule has 0 radical (unpaired) electrons. The molecule has 3 aromatic carbocycles. The van der Waals surface area contributed by atoms with E-state index < -0.39 is 28.7 Å². The van der Waals surface area contributed by atoms with Gasteiger partial charge in [-0.3, -0.25) is 10.1 Å². The maximum Gasteiger partial charge on any atom is 0.338 e. The Labute approximate surface area is 183 Å². The highest BCUT2D eigenvalue weighted by atomic mass is 19.1. The number of benzene rings is 3. The second-order valence-corrected chi connectivity index (χ2v) is 7.64. The Morgan fingerprint density at radius 1 is 1.09 bits per heavy atom. The molecule has 0 amide bonds. The minimum atomic E-state index is -0.938. The summed E-state index contributed by atoms with van der Waals surface area (Å²) in [5.41, 5.74) is 3.50. The molecule has 3 aromatic rings. The number of halogens is 1. The molecule has 2 atom stereocenters. The van der Waals surface area contributed by atoms with Gasteiger partial charge in [-0.15, -0.1) is 0 Å². The molecule has 4 rings (SSSR count). The number of carbonyl (C=O) groups is 1. The highest BCUT2D eigenvalue weighted by Gasteiger charge is 2.36. The Morgan fingerprint density at radius 3 is 2.47 bits per heavy atom. The number of hydrogen-bond acceptors (Lipinski definition) is 5. The summed E-state index contributed by atoms with van der Waals surface area (Å²) < 4.78 is 20.1. The molecule has 7 heteroatoms. The highest BCUT2D eigenvalue weighted by molar-refractivity contribution is 5.90. The number of esters is 1. The monoisotopic (exact) mass is 433 g/mol. The van der Waals surface area contributed by atoms with Gasteiger partial charge in [-0.1, -0.05) is 36.9 Å². The number of aliphatic hydroxyl groups is 1. The predicted octanol–water partition coefficient (Wildman–Crippen LogP) is 4.87. The number of rotatable bonds is 5. The van der Waals surface area contributed by atoms with Crippen LogP contribution >= 0.6 is 0 Å². The number of ether oxygens (including phenoxy) is 1. The van der Waals surface area contributed by atoms with E-state index in [0.717, 1.165) is 16.7 Å². The summed E-state index contributed by atoms with van der Waals surface area (Å²) in [5, 5.41) is 20.8. The summed E-state index contributed by atoms with van der Waals surface area (Å²) in [7, 11) is 0. The molecule has 0 aromatic heterocycles. The average molecular weight is 433 g/mol. The average Bonchev–Trinajstić information content (AvgIpc) is 2.93. The van der Waals surface area contributed by atoms with Gasteiger partial charge in [0.2, 0.25) is 0 Å². The number of hydrogen-bond donors (Lipinski definition) is 1. The lowest BCUT2D eigenvalue weighted by molar-refractivity contribution is -0.384. The number of nitrogens with zero attached hydrogens (tertiary/aromatic N) is 1. The van der Waals surface area contributed by atoms with E-state index in [0.29, 0.717) is 17.6 Å². The molecule has 32 heavy (non-hydrogen) atoms. The number of carbonyl (C=O) groups excluding carboxylic acids is 1. The van der Waals surface area contributed by atoms with Crippen LogP contribution in [0.3, 0.4) is 0 Å². The molecule has 0 bridgehead atoms. The van der Waals surface area contributed by atoms with Gasteiger partial charge in [-0.05, 0) is 58.5 Å². The van der Waals surface area contributed by atoms with E-state index in [1.165, 1.54) is 36.4 Å². The maximum atomic E-state index is 14.2. The first-order chi connectivity index (χ1) is 15.4. The fourth-order valence-electron chi connectivity index (χ4n) is 4.10. The first kappa shape index (κ1) is 21.4. The Kier molecular flexibility index (Phi) is 5.83. The molecule has 1 aliphatic carbocycles. The van der Waals surface area contributed by atoms with Crippen LogP contribution in [0.2, 0.25) is 0 Å². The van der Waals surface area contributed by atoms with Crippen LogP contribution in [0.4, 0.5) is 10.1 Å². The lowest BCUT2D eigenvalue weighted by Gasteiger charge is -2.29. The third-order valence-corrected chi connectivity index (χ3v) is 5.68. The van der Waals surface area contributed by atoms with Crippen LogP contribution in [0, 0.1) is 15.9 Å². The number of aliphatic hydroxyl groups excluding tert-OH is 1. The molecule has 0 aliphatic heterocycles. The Morgan fingerprint density at radius 2 is 1.78 bits per heavy atom. The van der Waals surface area contributed by atoms with Crippen molar-refractivity contribution in [3.8, 4) is 0 Å². The normalized spacial score (nSPS) is 16.9. The van der Waals surface area contributed by atoms with E-state index >= 15 is 0 Å². The van der Waals surface area contributed by atoms with Crippen molar-refractivity contribution in [2.75, 3.05) is 6.61 Å². The molecule has 0 heterocycles. The lowest BCUT2D eigenvalue weighted by atomic mass is 9.83. The van der Waals surface area contributed by atoms with Crippen LogP contribution in [0.15, 0.2) is 78.9 Å². The molecule has 0 unspecified atom stereocenters. The van der Waals surface area contributed by atoms with E-state index in [1.807, 2.05) is 24.3 Å². The minimum Gasteiger partial charge on any atom is -0.453 e. The topological polar surface area (TPSA) is 89.7 Å². The largest absolute Gasteiger partial charge is 0.453 e. The van der Waals surface area contributed by atoms with E-state index in [1.54, 1.807) is 6.07 Å². The number of nitro groups is 1. The van der Waals surface area contributed by atoms with Crippen molar-refractivity contribution in [3.05, 3.63) is 123 Å². The van der Waals surface area contributed by atoms with Crippen LogP contribution < -0.4 is 0 Å². The van der Waals surface area contributed by atoms with Crippen LogP contribution in [-0.2, 0) is 11.2 Å². The first-order valence-corrected chi connectivity index (χ1v) is 9.99. The van der Waals surface area contributed by atoms with Gasteiger partial charge in [-0.25, -0.2) is 9.18 Å². The zero-order chi connectivity index (χ0) is 22.8. The van der Waals surface area contributed by atoms with Crippen LogP contribution in [-0.4, -0.2) is 22.6 Å². The van der Waals surface area contributed by atoms with E-state index in [2.05, 4.69) is 6.58 Å². The van der Waals surface area contributed by atoms with Crippen molar-refractivity contribution < 1.29 is 24.0 Å². The van der Waals surface area contributed by atoms with Crippen molar-refractivity contribution in [1.29, 1.82) is 0 Å². The SMILES string of the molecule is C=C(CO)[C@@H]1c2ccccc2Cc2ccc(F)cc2[C@H]1OC(=O)c1ccc([N+](=O)[O-])cc1. The fraction of sp³-hybridized carbons (Fsp3) is 0.160. The van der Waals surface area contributed by atoms with Gasteiger partial charge in [0.25, 0.3) is 5.69 Å². The van der Waals surface area contributed by atoms with Crippen molar-refractivity contribution >= 4 is 11.7 Å². The molecule has 0 spiro atoms. The van der Waals surface area contributed by atoms with E-state index in [-0.39, 0.29) is 17.9 Å². The molecule has 0 fully saturated rings. The standard InChI is InChI=1S/C25H20FNO5/c1-15(14-28)23-21-5-3-2-4-17(21)12-18-6-9-19(26)13-22(18)24(23)32-25(29)16-7-10-20(11-8-16)27(30)31/h2-11,13,23-24,28H,1,12,14H2/t23-,24-/m1/s1. The number of fused-ring (bicyclic) bond motifs is 2. The third kappa shape index (κ3) is 4.02. The third-order valence-electron chi connectivity index (χ3n) is 5.68. The van der Waals surface area contributed by atoms with Crippen molar-refractivity contribution in [2.45, 2.75) is 18.4 Å². The van der Waals surface area contributed by atoms with Gasteiger partial charge < -0.3 is 9.84 Å². The summed E-state index contributed by atoms with van der Waals surface area (Å²) in [4.78, 5) is 23.3. The van der Waals surface area contributed by atoms with Gasteiger partial charge in [0, 0.05) is 18.1 Å². The van der Waals surface area contributed by atoms with Crippen LogP contribution in [0.1, 0.15) is 44.6 Å². The second-order valence-electron chi connectivity index (χ2n) is 7.64. The summed E-state index contributed by atoms with van der Waals surface area (Å²) in [6.07, 6.45) is -0.432. The summed E-state index contributed by atoms with van der Waals surface area (Å²) in [6, 6.07) is 17.0. The summed E-state index contributed by atoms with van der Waals surface area (Å²) in [6.45, 7) is 3.65. The van der Waals surface area contributed by atoms with Gasteiger partial charge in [0.1, 0.15) is 11.9 Å². The molecular formula is C25H20FNO5. The Bertz CT molecular complexity index is 1210. The van der Waals surface area contributed by atoms with Gasteiger partial charge in [-0.2, -0.15) is 0 Å². The first-order valence-electron chi connectivity index (χ1n) is 9.99. The van der Waals surface area contributed by atoms with Crippen molar-refractivity contribution in [2.24, 2.45) is 0 Å². The second kappa shape index (κ2) is 8.72. The quantitative estimate of drug-likeness (QED) is 0.268. The maximum absolute atomic E-state index is 14.2. The van der Waals surface area contributed by atoms with Crippen LogP contribution in [0.25, 0.3) is 0 Å². The fourth-order valence-corrected chi connectivity index (χ4v) is 4.10. The summed E-state index contributed by atoms with van der Waals surface area (Å²) >= 11 is 0. The molecule has 0 saturated carbocycles. The Hall–Kier alpha value is -3.84. The molecule has 0 saturated heterocycles. The van der Waals surface area contributed by atoms with Gasteiger partial charge in [0.15, 0.2) is 0 Å².